The second-order valence-corrected chi connectivity index (χ2v) is 5.99. The average molecular weight is 290 g/mol. The summed E-state index contributed by atoms with van der Waals surface area (Å²) < 4.78 is 0. The van der Waals surface area contributed by atoms with Crippen molar-refractivity contribution in [3.63, 3.8) is 0 Å². The molecular formula is C17H26N2O2. The van der Waals surface area contributed by atoms with Crippen LogP contribution in [0.25, 0.3) is 0 Å². The van der Waals surface area contributed by atoms with Gasteiger partial charge in [-0.15, -0.1) is 0 Å². The molecule has 4 nitrogen and oxygen atoms in total. The molecule has 1 heterocycles. The van der Waals surface area contributed by atoms with Crippen LogP contribution in [0.5, 0.6) is 0 Å². The molecule has 1 fully saturated rings. The average Bonchev–Trinajstić information content (AvgIpc) is 2.54. The zero-order valence-corrected chi connectivity index (χ0v) is 12.8. The van der Waals surface area contributed by atoms with Gasteiger partial charge in [-0.25, -0.2) is 0 Å². The summed E-state index contributed by atoms with van der Waals surface area (Å²) in [5.41, 5.74) is 1.86. The first kappa shape index (κ1) is 16.0. The molecule has 1 saturated heterocycles. The quantitative estimate of drug-likeness (QED) is 0.749. The third-order valence-corrected chi connectivity index (χ3v) is 4.41. The molecule has 1 aromatic rings. The van der Waals surface area contributed by atoms with Crippen LogP contribution >= 0.6 is 0 Å². The van der Waals surface area contributed by atoms with Crippen molar-refractivity contribution in [3.05, 3.63) is 35.4 Å². The number of carbonyl (C=O) groups is 1. The van der Waals surface area contributed by atoms with Gasteiger partial charge >= 0.3 is 0 Å². The van der Waals surface area contributed by atoms with Crippen molar-refractivity contribution < 1.29 is 9.90 Å². The molecule has 2 rings (SSSR count). The van der Waals surface area contributed by atoms with Gasteiger partial charge in [0.15, 0.2) is 0 Å². The topological polar surface area (TPSA) is 61.4 Å². The maximum Gasteiger partial charge on any atom is 0.220 e. The molecule has 0 radical (unpaired) electrons. The van der Waals surface area contributed by atoms with Crippen molar-refractivity contribution in [3.8, 4) is 0 Å². The normalized spacial score (nSPS) is 20.0. The molecule has 21 heavy (non-hydrogen) atoms. The maximum atomic E-state index is 12.1. The van der Waals surface area contributed by atoms with Gasteiger partial charge in [-0.2, -0.15) is 0 Å². The predicted octanol–water partition coefficient (Wildman–Crippen LogP) is 1.82. The van der Waals surface area contributed by atoms with E-state index in [1.54, 1.807) is 0 Å². The molecule has 0 saturated carbocycles. The third kappa shape index (κ3) is 4.83. The van der Waals surface area contributed by atoms with E-state index in [2.05, 4.69) is 17.6 Å². The summed E-state index contributed by atoms with van der Waals surface area (Å²) >= 11 is 0. The lowest BCUT2D eigenvalue weighted by Crippen LogP contribution is -2.35. The second-order valence-electron chi connectivity index (χ2n) is 5.99. The van der Waals surface area contributed by atoms with Crippen LogP contribution in [0, 0.1) is 11.8 Å². The first-order valence-corrected chi connectivity index (χ1v) is 7.85. The number of nitrogens with one attached hydrogen (secondary N) is 2. The van der Waals surface area contributed by atoms with E-state index in [1.165, 1.54) is 12.8 Å². The predicted molar refractivity (Wildman–Crippen MR) is 83.6 cm³/mol. The Morgan fingerprint density at radius 1 is 1.43 bits per heavy atom. The van der Waals surface area contributed by atoms with E-state index >= 15 is 0 Å². The lowest BCUT2D eigenvalue weighted by Gasteiger charge is -2.28. The molecule has 1 aliphatic rings. The standard InChI is InChI=1S/C17H26N2O2/c1-13(14-7-4-8-18-10-14)9-17(21)19-11-15-5-2-3-6-16(15)12-20/h2-3,5-6,13-14,18,20H,4,7-12H2,1H3,(H,19,21). The smallest absolute Gasteiger partial charge is 0.220 e. The zero-order chi connectivity index (χ0) is 15.1. The Morgan fingerprint density at radius 2 is 2.19 bits per heavy atom. The number of aliphatic hydroxyl groups is 1. The molecule has 2 unspecified atom stereocenters. The number of rotatable bonds is 6. The summed E-state index contributed by atoms with van der Waals surface area (Å²) in [5, 5.41) is 15.7. The fourth-order valence-corrected chi connectivity index (χ4v) is 2.97. The van der Waals surface area contributed by atoms with Crippen molar-refractivity contribution in [2.45, 2.75) is 39.3 Å². The minimum Gasteiger partial charge on any atom is -0.392 e. The fraction of sp³-hybridized carbons (Fsp3) is 0.588. The summed E-state index contributed by atoms with van der Waals surface area (Å²) in [6.07, 6.45) is 3.00. The van der Waals surface area contributed by atoms with Gasteiger partial charge in [0.2, 0.25) is 5.91 Å². The number of hydrogen-bond donors (Lipinski definition) is 3. The summed E-state index contributed by atoms with van der Waals surface area (Å²) in [6, 6.07) is 7.66. The third-order valence-electron chi connectivity index (χ3n) is 4.41. The monoisotopic (exact) mass is 290 g/mol. The lowest BCUT2D eigenvalue weighted by atomic mass is 9.85. The van der Waals surface area contributed by atoms with Crippen LogP contribution in [0.15, 0.2) is 24.3 Å². The number of carbonyl (C=O) groups excluding carboxylic acids is 1. The number of piperidine rings is 1. The van der Waals surface area contributed by atoms with Gasteiger partial charge < -0.3 is 15.7 Å². The SMILES string of the molecule is CC(CC(=O)NCc1ccccc1CO)C1CCCNC1. The highest BCUT2D eigenvalue weighted by atomic mass is 16.3. The van der Waals surface area contributed by atoms with Crippen LogP contribution in [-0.4, -0.2) is 24.1 Å². The molecule has 0 bridgehead atoms. The van der Waals surface area contributed by atoms with E-state index < -0.39 is 0 Å². The Hall–Kier alpha value is -1.39. The van der Waals surface area contributed by atoms with Gasteiger partial charge in [-0.3, -0.25) is 4.79 Å². The van der Waals surface area contributed by atoms with E-state index in [0.29, 0.717) is 24.8 Å². The highest BCUT2D eigenvalue weighted by Gasteiger charge is 2.21. The van der Waals surface area contributed by atoms with Crippen LogP contribution < -0.4 is 10.6 Å². The minimum atomic E-state index is 0.0101. The summed E-state index contributed by atoms with van der Waals surface area (Å²) in [6.45, 7) is 4.80. The van der Waals surface area contributed by atoms with Crippen LogP contribution in [0.4, 0.5) is 0 Å². The first-order valence-electron chi connectivity index (χ1n) is 7.85. The largest absolute Gasteiger partial charge is 0.392 e. The number of aliphatic hydroxyl groups excluding tert-OH is 1. The highest BCUT2D eigenvalue weighted by molar-refractivity contribution is 5.76. The van der Waals surface area contributed by atoms with Crippen molar-refractivity contribution in [1.29, 1.82) is 0 Å². The van der Waals surface area contributed by atoms with Crippen molar-refractivity contribution in [2.24, 2.45) is 11.8 Å². The van der Waals surface area contributed by atoms with Crippen molar-refractivity contribution >= 4 is 5.91 Å². The molecule has 3 N–H and O–H groups in total. The van der Waals surface area contributed by atoms with E-state index in [0.717, 1.165) is 24.2 Å². The van der Waals surface area contributed by atoms with E-state index in [9.17, 15) is 9.90 Å². The summed E-state index contributed by atoms with van der Waals surface area (Å²) in [4.78, 5) is 12.1. The van der Waals surface area contributed by atoms with E-state index in [1.807, 2.05) is 24.3 Å². The maximum absolute atomic E-state index is 12.1. The highest BCUT2D eigenvalue weighted by Crippen LogP contribution is 2.22. The first-order chi connectivity index (χ1) is 10.2. The molecule has 0 aliphatic carbocycles. The number of amides is 1. The van der Waals surface area contributed by atoms with Crippen molar-refractivity contribution in [1.82, 2.24) is 10.6 Å². The Bertz CT molecular complexity index is 456. The van der Waals surface area contributed by atoms with Gasteiger partial charge in [-0.1, -0.05) is 31.2 Å². The number of benzene rings is 1. The van der Waals surface area contributed by atoms with Gasteiger partial charge in [0.25, 0.3) is 0 Å². The number of hydrogen-bond acceptors (Lipinski definition) is 3. The Morgan fingerprint density at radius 3 is 2.86 bits per heavy atom. The molecule has 0 spiro atoms. The van der Waals surface area contributed by atoms with Crippen LogP contribution in [0.2, 0.25) is 0 Å². The van der Waals surface area contributed by atoms with Crippen molar-refractivity contribution in [2.75, 3.05) is 13.1 Å². The second kappa shape index (κ2) is 8.15. The molecule has 1 aromatic carbocycles. The van der Waals surface area contributed by atoms with E-state index in [-0.39, 0.29) is 12.5 Å². The molecule has 0 aromatic heterocycles. The molecule has 1 amide bonds. The Kier molecular flexibility index (Phi) is 6.21. The molecule has 1 aliphatic heterocycles. The van der Waals surface area contributed by atoms with Crippen LogP contribution in [0.1, 0.15) is 37.3 Å². The Labute approximate surface area is 126 Å². The van der Waals surface area contributed by atoms with Gasteiger partial charge in [0.1, 0.15) is 0 Å². The van der Waals surface area contributed by atoms with Crippen LogP contribution in [-0.2, 0) is 17.9 Å². The van der Waals surface area contributed by atoms with Gasteiger partial charge in [-0.05, 0) is 48.9 Å². The van der Waals surface area contributed by atoms with Crippen LogP contribution in [0.3, 0.4) is 0 Å². The molecule has 2 atom stereocenters. The fourth-order valence-electron chi connectivity index (χ4n) is 2.97. The van der Waals surface area contributed by atoms with Gasteiger partial charge in [0, 0.05) is 13.0 Å². The molecular weight excluding hydrogens is 264 g/mol. The Balaban J connectivity index is 1.78. The summed E-state index contributed by atoms with van der Waals surface area (Å²) in [5.74, 6) is 1.11. The lowest BCUT2D eigenvalue weighted by molar-refractivity contribution is -0.122. The van der Waals surface area contributed by atoms with Gasteiger partial charge in [0.05, 0.1) is 6.61 Å². The van der Waals surface area contributed by atoms with E-state index in [4.69, 9.17) is 0 Å². The summed E-state index contributed by atoms with van der Waals surface area (Å²) in [7, 11) is 0. The molecule has 116 valence electrons. The zero-order valence-electron chi connectivity index (χ0n) is 12.8. The minimum absolute atomic E-state index is 0.0101. The molecule has 4 heteroatoms.